The van der Waals surface area contributed by atoms with Crippen LogP contribution in [0.25, 0.3) is 0 Å². The number of hydrogen-bond donors (Lipinski definition) is 0. The highest BCUT2D eigenvalue weighted by molar-refractivity contribution is 9.10. The number of amides is 1. The van der Waals surface area contributed by atoms with Crippen LogP contribution < -0.4 is 0 Å². The minimum absolute atomic E-state index is 0.104. The number of carbonyl (C=O) groups is 1. The van der Waals surface area contributed by atoms with Gasteiger partial charge in [0.1, 0.15) is 12.2 Å². The molecule has 1 saturated heterocycles. The summed E-state index contributed by atoms with van der Waals surface area (Å²) >= 11 is 7.07. The van der Waals surface area contributed by atoms with Gasteiger partial charge in [-0.3, -0.25) is 4.79 Å². The molecule has 1 aliphatic heterocycles. The predicted molar refractivity (Wildman–Crippen MR) is 129 cm³/mol. The minimum Gasteiger partial charge on any atom is -0.358 e. The van der Waals surface area contributed by atoms with Gasteiger partial charge in [0, 0.05) is 21.4 Å². The van der Waals surface area contributed by atoms with Crippen LogP contribution in [-0.2, 0) is 16.0 Å². The highest BCUT2D eigenvalue weighted by Gasteiger charge is 2.49. The summed E-state index contributed by atoms with van der Waals surface area (Å²) in [6, 6.07) is 26.9. The fourth-order valence-electron chi connectivity index (χ4n) is 4.39. The smallest absolute Gasteiger partial charge is 0.252 e. The van der Waals surface area contributed by atoms with E-state index < -0.39 is 6.10 Å². The normalized spacial score (nSPS) is 23.7. The molecule has 5 heteroatoms. The molecule has 0 bridgehead atoms. The van der Waals surface area contributed by atoms with Crippen molar-refractivity contribution in [1.29, 1.82) is 0 Å². The summed E-state index contributed by atoms with van der Waals surface area (Å²) in [7, 11) is 0. The minimum atomic E-state index is -0.483. The lowest BCUT2D eigenvalue weighted by atomic mass is 9.90. The Labute approximate surface area is 199 Å². The number of benzene rings is 3. The summed E-state index contributed by atoms with van der Waals surface area (Å²) in [4.78, 5) is 15.8. The van der Waals surface area contributed by atoms with E-state index in [4.69, 9.17) is 4.74 Å². The van der Waals surface area contributed by atoms with Crippen LogP contribution in [-0.4, -0.2) is 23.0 Å². The maximum absolute atomic E-state index is 13.7. The van der Waals surface area contributed by atoms with Gasteiger partial charge < -0.3 is 9.64 Å². The van der Waals surface area contributed by atoms with Crippen LogP contribution in [0.2, 0.25) is 0 Å². The SMILES string of the molecule is O=C1[C@H](Cc2ccccc2)O[C@@H](c2ccc(Br)cc2)[C@@H](c2ccc(Br)cc2)N1C1CC1. The molecule has 1 amide bonds. The first-order valence-electron chi connectivity index (χ1n) is 10.6. The van der Waals surface area contributed by atoms with E-state index in [1.807, 2.05) is 42.5 Å². The Morgan fingerprint density at radius 2 is 1.39 bits per heavy atom. The quantitative estimate of drug-likeness (QED) is 0.363. The summed E-state index contributed by atoms with van der Waals surface area (Å²) in [5, 5.41) is 0. The van der Waals surface area contributed by atoms with Crippen LogP contribution in [0.1, 0.15) is 41.7 Å². The third kappa shape index (κ3) is 4.50. The zero-order chi connectivity index (χ0) is 21.4. The largest absolute Gasteiger partial charge is 0.358 e. The molecule has 5 rings (SSSR count). The molecule has 2 aliphatic rings. The van der Waals surface area contributed by atoms with Crippen LogP contribution in [0.15, 0.2) is 87.8 Å². The molecule has 3 atom stereocenters. The van der Waals surface area contributed by atoms with Gasteiger partial charge in [0.05, 0.1) is 6.04 Å². The molecule has 0 spiro atoms. The van der Waals surface area contributed by atoms with E-state index in [-0.39, 0.29) is 18.1 Å². The van der Waals surface area contributed by atoms with Crippen LogP contribution in [0.4, 0.5) is 0 Å². The van der Waals surface area contributed by atoms with Crippen molar-refractivity contribution in [2.24, 2.45) is 0 Å². The number of rotatable bonds is 5. The van der Waals surface area contributed by atoms with E-state index >= 15 is 0 Å². The molecule has 0 aromatic heterocycles. The molecule has 0 unspecified atom stereocenters. The number of nitrogens with zero attached hydrogens (tertiary/aromatic N) is 1. The van der Waals surface area contributed by atoms with Crippen molar-refractivity contribution < 1.29 is 9.53 Å². The number of carbonyl (C=O) groups excluding carboxylic acids is 1. The zero-order valence-corrected chi connectivity index (χ0v) is 20.1. The predicted octanol–water partition coefficient (Wildman–Crippen LogP) is 6.63. The molecule has 0 N–H and O–H groups in total. The van der Waals surface area contributed by atoms with Crippen molar-refractivity contribution in [3.05, 3.63) is 104 Å². The Bertz CT molecular complexity index is 1050. The molecule has 0 radical (unpaired) electrons. The molecular formula is C26H23Br2NO2. The summed E-state index contributed by atoms with van der Waals surface area (Å²) in [6.07, 6.45) is 2.00. The van der Waals surface area contributed by atoms with E-state index in [1.54, 1.807) is 0 Å². The summed E-state index contributed by atoms with van der Waals surface area (Å²) in [5.74, 6) is 0.104. The molecule has 1 saturated carbocycles. The first kappa shape index (κ1) is 20.9. The van der Waals surface area contributed by atoms with E-state index in [9.17, 15) is 4.79 Å². The maximum atomic E-state index is 13.7. The Balaban J connectivity index is 1.56. The van der Waals surface area contributed by atoms with Gasteiger partial charge >= 0.3 is 0 Å². The van der Waals surface area contributed by atoms with Gasteiger partial charge in [-0.05, 0) is 53.8 Å². The Morgan fingerprint density at radius 1 is 0.806 bits per heavy atom. The van der Waals surface area contributed by atoms with E-state index in [2.05, 4.69) is 73.2 Å². The number of ether oxygens (including phenoxy) is 1. The van der Waals surface area contributed by atoms with Gasteiger partial charge in [0.25, 0.3) is 5.91 Å². The molecular weight excluding hydrogens is 518 g/mol. The lowest BCUT2D eigenvalue weighted by molar-refractivity contribution is -0.175. The van der Waals surface area contributed by atoms with Crippen molar-refractivity contribution in [1.82, 2.24) is 4.90 Å². The molecule has 3 nitrogen and oxygen atoms in total. The zero-order valence-electron chi connectivity index (χ0n) is 17.0. The molecule has 1 heterocycles. The summed E-state index contributed by atoms with van der Waals surface area (Å²) in [5.41, 5.74) is 3.31. The molecule has 3 aromatic rings. The number of halogens is 2. The van der Waals surface area contributed by atoms with Gasteiger partial charge in [-0.2, -0.15) is 0 Å². The second-order valence-corrected chi connectivity index (χ2v) is 10.1. The van der Waals surface area contributed by atoms with E-state index in [0.29, 0.717) is 12.5 Å². The van der Waals surface area contributed by atoms with Gasteiger partial charge in [-0.1, -0.05) is 86.5 Å². The highest BCUT2D eigenvalue weighted by Crippen LogP contribution is 2.47. The van der Waals surface area contributed by atoms with E-state index in [1.165, 1.54) is 0 Å². The van der Waals surface area contributed by atoms with Crippen LogP contribution in [0.3, 0.4) is 0 Å². The molecule has 158 valence electrons. The van der Waals surface area contributed by atoms with Gasteiger partial charge in [0.2, 0.25) is 0 Å². The van der Waals surface area contributed by atoms with Crippen molar-refractivity contribution in [3.63, 3.8) is 0 Å². The Morgan fingerprint density at radius 3 is 1.97 bits per heavy atom. The van der Waals surface area contributed by atoms with Crippen molar-refractivity contribution >= 4 is 37.8 Å². The topological polar surface area (TPSA) is 29.5 Å². The number of hydrogen-bond acceptors (Lipinski definition) is 2. The monoisotopic (exact) mass is 539 g/mol. The van der Waals surface area contributed by atoms with Gasteiger partial charge in [0.15, 0.2) is 0 Å². The Hall–Kier alpha value is -1.95. The van der Waals surface area contributed by atoms with Crippen molar-refractivity contribution in [3.8, 4) is 0 Å². The van der Waals surface area contributed by atoms with Crippen molar-refractivity contribution in [2.75, 3.05) is 0 Å². The average Bonchev–Trinajstić information content (AvgIpc) is 3.62. The summed E-state index contributed by atoms with van der Waals surface area (Å²) < 4.78 is 8.67. The Kier molecular flexibility index (Phi) is 6.00. The molecule has 31 heavy (non-hydrogen) atoms. The average molecular weight is 541 g/mol. The molecule has 3 aromatic carbocycles. The molecule has 2 fully saturated rings. The first-order valence-corrected chi connectivity index (χ1v) is 12.2. The fourth-order valence-corrected chi connectivity index (χ4v) is 4.92. The van der Waals surface area contributed by atoms with Crippen LogP contribution in [0, 0.1) is 0 Å². The van der Waals surface area contributed by atoms with Crippen LogP contribution >= 0.6 is 31.9 Å². The van der Waals surface area contributed by atoms with Gasteiger partial charge in [-0.15, -0.1) is 0 Å². The van der Waals surface area contributed by atoms with Crippen LogP contribution in [0.5, 0.6) is 0 Å². The maximum Gasteiger partial charge on any atom is 0.252 e. The lowest BCUT2D eigenvalue weighted by Crippen LogP contribution is -2.52. The lowest BCUT2D eigenvalue weighted by Gasteiger charge is -2.45. The third-order valence-electron chi connectivity index (χ3n) is 6.04. The second kappa shape index (κ2) is 8.89. The van der Waals surface area contributed by atoms with E-state index in [0.717, 1.165) is 38.5 Å². The standard InChI is InChI=1S/C26H23Br2NO2/c27-20-10-6-18(7-11-20)24-25(19-8-12-21(28)13-9-19)31-23(16-17-4-2-1-3-5-17)26(30)29(24)22-14-15-22/h1-13,22-25H,14-16H2/t23-,24+,25-/m0/s1. The fraction of sp³-hybridized carbons (Fsp3) is 0.269. The summed E-state index contributed by atoms with van der Waals surface area (Å²) in [6.45, 7) is 0. The third-order valence-corrected chi connectivity index (χ3v) is 7.10. The molecule has 1 aliphatic carbocycles. The number of morpholine rings is 1. The van der Waals surface area contributed by atoms with Gasteiger partial charge in [-0.25, -0.2) is 0 Å². The first-order chi connectivity index (χ1) is 15.1. The van der Waals surface area contributed by atoms with Crippen molar-refractivity contribution in [2.45, 2.75) is 43.6 Å². The second-order valence-electron chi connectivity index (χ2n) is 8.26. The highest BCUT2D eigenvalue weighted by atomic mass is 79.9.